The quantitative estimate of drug-likeness (QED) is 0.110. The zero-order valence-electron chi connectivity index (χ0n) is 31.1. The van der Waals surface area contributed by atoms with Gasteiger partial charge in [-0.2, -0.15) is 0 Å². The average molecular weight is 679 g/mol. The largest absolute Gasteiger partial charge is 0.356 e. The van der Waals surface area contributed by atoms with E-state index in [0.29, 0.717) is 5.92 Å². The van der Waals surface area contributed by atoms with Gasteiger partial charge in [0.1, 0.15) is 0 Å². The third-order valence-electron chi connectivity index (χ3n) is 10.3. The molecular weight excluding hydrogens is 629 g/mol. The summed E-state index contributed by atoms with van der Waals surface area (Å²) in [7, 11) is 0. The Morgan fingerprint density at radius 1 is 0.750 bits per heavy atom. The summed E-state index contributed by atoms with van der Waals surface area (Å²) in [6.45, 7) is 8.91. The Balaban J connectivity index is 1.12. The van der Waals surface area contributed by atoms with Crippen LogP contribution < -0.4 is 10.2 Å². The van der Waals surface area contributed by atoms with E-state index in [2.05, 4.69) is 196 Å². The Kier molecular flexibility index (Phi) is 10.8. The molecule has 0 spiro atoms. The Hall–Kier alpha value is -5.60. The minimum absolute atomic E-state index is 0.337. The Morgan fingerprint density at radius 2 is 1.54 bits per heavy atom. The minimum atomic E-state index is 0.337. The number of nitrogens with zero attached hydrogens (tertiary/aromatic N) is 1. The topological polar surface area (TPSA) is 15.3 Å². The SMILES string of the molecule is CC\C=C/C(CC)=C(C)/C=C(\C)N(c1ccc(C2C=CC(Nc3ccc4cc5ccccc5cc4c3)=CC2)cc1)c1cccc(C2=CCCC=C2)c1. The lowest BCUT2D eigenvalue weighted by molar-refractivity contribution is 0.845. The molecule has 1 unspecified atom stereocenters. The molecule has 5 aromatic carbocycles. The number of hydrogen-bond acceptors (Lipinski definition) is 2. The van der Waals surface area contributed by atoms with E-state index in [4.69, 9.17) is 0 Å². The summed E-state index contributed by atoms with van der Waals surface area (Å²) in [5, 5.41) is 8.72. The van der Waals surface area contributed by atoms with Gasteiger partial charge in [0.15, 0.2) is 0 Å². The Morgan fingerprint density at radius 3 is 2.25 bits per heavy atom. The third kappa shape index (κ3) is 7.98. The van der Waals surface area contributed by atoms with Crippen LogP contribution in [0.3, 0.4) is 0 Å². The number of fused-ring (bicyclic) bond motifs is 2. The van der Waals surface area contributed by atoms with Gasteiger partial charge in [0.2, 0.25) is 0 Å². The second kappa shape index (κ2) is 16.2. The van der Waals surface area contributed by atoms with Crippen LogP contribution >= 0.6 is 0 Å². The number of benzene rings is 5. The molecular formula is C50H50N2. The normalized spacial score (nSPS) is 16.6. The van der Waals surface area contributed by atoms with Gasteiger partial charge in [-0.05, 0) is 156 Å². The van der Waals surface area contributed by atoms with Crippen molar-refractivity contribution in [3.05, 3.63) is 191 Å². The second-order valence-electron chi connectivity index (χ2n) is 14.0. The van der Waals surface area contributed by atoms with Crippen molar-refractivity contribution in [2.45, 2.75) is 65.7 Å². The van der Waals surface area contributed by atoms with Crippen molar-refractivity contribution in [3.8, 4) is 0 Å². The summed E-state index contributed by atoms with van der Waals surface area (Å²) in [4.78, 5) is 2.41. The molecule has 7 rings (SSSR count). The second-order valence-corrected chi connectivity index (χ2v) is 14.0. The molecule has 52 heavy (non-hydrogen) atoms. The summed E-state index contributed by atoms with van der Waals surface area (Å²) in [6, 6.07) is 38.0. The number of allylic oxidation sites excluding steroid dienone is 13. The molecule has 1 N–H and O–H groups in total. The van der Waals surface area contributed by atoms with E-state index in [1.54, 1.807) is 0 Å². The Bertz CT molecular complexity index is 2290. The van der Waals surface area contributed by atoms with Crippen molar-refractivity contribution in [2.75, 3.05) is 10.2 Å². The van der Waals surface area contributed by atoms with Gasteiger partial charge < -0.3 is 10.2 Å². The highest BCUT2D eigenvalue weighted by Gasteiger charge is 2.17. The molecule has 2 nitrogen and oxygen atoms in total. The number of hydrogen-bond donors (Lipinski definition) is 1. The van der Waals surface area contributed by atoms with Crippen LogP contribution in [0.15, 0.2) is 180 Å². The average Bonchev–Trinajstić information content (AvgIpc) is 3.18. The van der Waals surface area contributed by atoms with Crippen molar-refractivity contribution >= 4 is 44.2 Å². The molecule has 260 valence electrons. The molecule has 0 saturated heterocycles. The lowest BCUT2D eigenvalue weighted by Crippen LogP contribution is -2.15. The van der Waals surface area contributed by atoms with Crippen LogP contribution in [0.5, 0.6) is 0 Å². The molecule has 1 atom stereocenters. The maximum absolute atomic E-state index is 3.66. The van der Waals surface area contributed by atoms with E-state index in [9.17, 15) is 0 Å². The van der Waals surface area contributed by atoms with Gasteiger partial charge in [-0.1, -0.05) is 111 Å². The van der Waals surface area contributed by atoms with Gasteiger partial charge in [-0.25, -0.2) is 0 Å². The van der Waals surface area contributed by atoms with E-state index in [1.165, 1.54) is 66.5 Å². The fourth-order valence-corrected chi connectivity index (χ4v) is 7.48. The smallest absolute Gasteiger partial charge is 0.0464 e. The van der Waals surface area contributed by atoms with Gasteiger partial charge in [0, 0.05) is 34.4 Å². The molecule has 2 aliphatic carbocycles. The first-order valence-corrected chi connectivity index (χ1v) is 19.0. The monoisotopic (exact) mass is 678 g/mol. The van der Waals surface area contributed by atoms with Crippen LogP contribution in [0.25, 0.3) is 27.1 Å². The van der Waals surface area contributed by atoms with Gasteiger partial charge in [-0.3, -0.25) is 0 Å². The van der Waals surface area contributed by atoms with E-state index in [-0.39, 0.29) is 0 Å². The van der Waals surface area contributed by atoms with E-state index < -0.39 is 0 Å². The van der Waals surface area contributed by atoms with E-state index >= 15 is 0 Å². The minimum Gasteiger partial charge on any atom is -0.356 e. The van der Waals surface area contributed by atoms with Crippen molar-refractivity contribution in [1.29, 1.82) is 0 Å². The van der Waals surface area contributed by atoms with Crippen LogP contribution in [-0.4, -0.2) is 0 Å². The first-order chi connectivity index (χ1) is 25.5. The lowest BCUT2D eigenvalue weighted by Gasteiger charge is -2.28. The summed E-state index contributed by atoms with van der Waals surface area (Å²) in [5.41, 5.74) is 12.4. The van der Waals surface area contributed by atoms with Crippen molar-refractivity contribution in [2.24, 2.45) is 0 Å². The van der Waals surface area contributed by atoms with Crippen molar-refractivity contribution in [3.63, 3.8) is 0 Å². The number of rotatable bonds is 11. The van der Waals surface area contributed by atoms with Gasteiger partial charge >= 0.3 is 0 Å². The van der Waals surface area contributed by atoms with Crippen LogP contribution in [0.4, 0.5) is 17.1 Å². The molecule has 0 aromatic heterocycles. The Labute approximate surface area is 310 Å². The molecule has 0 aliphatic heterocycles. The molecule has 0 saturated carbocycles. The van der Waals surface area contributed by atoms with Crippen LogP contribution in [0, 0.1) is 0 Å². The predicted molar refractivity (Wildman–Crippen MR) is 227 cm³/mol. The van der Waals surface area contributed by atoms with Gasteiger partial charge in [0.25, 0.3) is 0 Å². The number of anilines is 3. The lowest BCUT2D eigenvalue weighted by atomic mass is 9.91. The highest BCUT2D eigenvalue weighted by atomic mass is 15.1. The zero-order chi connectivity index (χ0) is 35.9. The maximum Gasteiger partial charge on any atom is 0.0464 e. The number of nitrogens with one attached hydrogen (secondary N) is 1. The summed E-state index contributed by atoms with van der Waals surface area (Å²) in [6.07, 6.45) is 25.9. The summed E-state index contributed by atoms with van der Waals surface area (Å²) < 4.78 is 0. The fourth-order valence-electron chi connectivity index (χ4n) is 7.48. The van der Waals surface area contributed by atoms with E-state index in [1.807, 2.05) is 0 Å². The van der Waals surface area contributed by atoms with Gasteiger partial charge in [-0.15, -0.1) is 0 Å². The molecule has 0 fully saturated rings. The summed E-state index contributed by atoms with van der Waals surface area (Å²) >= 11 is 0. The maximum atomic E-state index is 3.66. The highest BCUT2D eigenvalue weighted by molar-refractivity contribution is 5.99. The zero-order valence-corrected chi connectivity index (χ0v) is 31.1. The fraction of sp³-hybridized carbons (Fsp3) is 0.200. The molecule has 0 amide bonds. The molecule has 0 heterocycles. The van der Waals surface area contributed by atoms with Gasteiger partial charge in [0.05, 0.1) is 0 Å². The van der Waals surface area contributed by atoms with Crippen LogP contribution in [-0.2, 0) is 0 Å². The first kappa shape index (κ1) is 34.8. The molecule has 0 bridgehead atoms. The summed E-state index contributed by atoms with van der Waals surface area (Å²) in [5.74, 6) is 0.337. The third-order valence-corrected chi connectivity index (χ3v) is 10.3. The molecule has 0 radical (unpaired) electrons. The predicted octanol–water partition coefficient (Wildman–Crippen LogP) is 14.5. The van der Waals surface area contributed by atoms with Crippen LogP contribution in [0.1, 0.15) is 76.8 Å². The van der Waals surface area contributed by atoms with Crippen LogP contribution in [0.2, 0.25) is 0 Å². The first-order valence-electron chi connectivity index (χ1n) is 19.0. The highest BCUT2D eigenvalue weighted by Crippen LogP contribution is 2.36. The van der Waals surface area contributed by atoms with Crippen molar-refractivity contribution in [1.82, 2.24) is 0 Å². The van der Waals surface area contributed by atoms with Crippen molar-refractivity contribution < 1.29 is 0 Å². The standard InChI is InChI=1S/C50H50N2/c1-5-7-14-38(6-2)36(3)31-37(4)52(50-20-13-19-44(35-50)39-15-9-8-10-16-39)49-29-24-41(25-30-49)40-21-26-47(27-22-40)51-48-28-23-45-32-42-17-11-12-18-43(42)33-46(45)34-48/h7,9,11-21,23-35,40,51H,5-6,8,10,22H2,1-4H3/b14-7-,37-31+,38-36+. The molecule has 2 heteroatoms. The molecule has 5 aromatic rings. The molecule has 2 aliphatic rings. The van der Waals surface area contributed by atoms with E-state index in [0.717, 1.165) is 43.5 Å².